The number of carbonyl (C=O) groups excluding carboxylic acids is 1. The number of nitrogens with zero attached hydrogens (tertiary/aromatic N) is 3. The van der Waals surface area contributed by atoms with E-state index in [0.717, 1.165) is 45.6 Å². The lowest BCUT2D eigenvalue weighted by atomic mass is 10.0. The van der Waals surface area contributed by atoms with Gasteiger partial charge in [0, 0.05) is 24.1 Å². The van der Waals surface area contributed by atoms with E-state index in [4.69, 9.17) is 9.47 Å². The van der Waals surface area contributed by atoms with E-state index in [1.165, 1.54) is 17.3 Å². The van der Waals surface area contributed by atoms with Crippen molar-refractivity contribution in [3.63, 3.8) is 0 Å². The van der Waals surface area contributed by atoms with Crippen LogP contribution in [0.25, 0.3) is 11.4 Å². The number of rotatable bonds is 6. The lowest BCUT2D eigenvalue weighted by Crippen LogP contribution is -2.06. The third kappa shape index (κ3) is 4.21. The molecule has 0 spiro atoms. The van der Waals surface area contributed by atoms with Gasteiger partial charge in [-0.15, -0.1) is 10.2 Å². The van der Waals surface area contributed by atoms with Gasteiger partial charge in [-0.3, -0.25) is 4.79 Å². The summed E-state index contributed by atoms with van der Waals surface area (Å²) < 4.78 is 13.5. The van der Waals surface area contributed by atoms with Gasteiger partial charge in [-0.25, -0.2) is 0 Å². The van der Waals surface area contributed by atoms with Crippen molar-refractivity contribution >= 4 is 17.5 Å². The van der Waals surface area contributed by atoms with Crippen LogP contribution in [-0.4, -0.2) is 39.5 Å². The van der Waals surface area contributed by atoms with Crippen LogP contribution in [0.5, 0.6) is 11.5 Å². The Morgan fingerprint density at radius 1 is 1.03 bits per heavy atom. The van der Waals surface area contributed by atoms with E-state index in [1.807, 2.05) is 61.7 Å². The molecule has 7 heteroatoms. The predicted octanol–water partition coefficient (Wildman–Crippen LogP) is 4.72. The SMILES string of the molecule is CCn1c(SCC(=O)c2ccc(C)c(C)c2)nnc1-c1ccc2c(c1)OCCCO2. The number of aryl methyl sites for hydroxylation is 2. The minimum absolute atomic E-state index is 0.0888. The minimum Gasteiger partial charge on any atom is -0.490 e. The Balaban J connectivity index is 1.53. The number of hydrogen-bond acceptors (Lipinski definition) is 6. The highest BCUT2D eigenvalue weighted by molar-refractivity contribution is 7.99. The van der Waals surface area contributed by atoms with Crippen LogP contribution in [0.1, 0.15) is 34.8 Å². The fraction of sp³-hybridized carbons (Fsp3) is 0.348. The van der Waals surface area contributed by atoms with Gasteiger partial charge in [-0.1, -0.05) is 23.9 Å². The van der Waals surface area contributed by atoms with Crippen molar-refractivity contribution in [3.05, 3.63) is 53.1 Å². The highest BCUT2D eigenvalue weighted by Crippen LogP contribution is 2.34. The molecule has 0 radical (unpaired) electrons. The lowest BCUT2D eigenvalue weighted by Gasteiger charge is -2.11. The topological polar surface area (TPSA) is 66.2 Å². The van der Waals surface area contributed by atoms with E-state index in [2.05, 4.69) is 10.2 Å². The van der Waals surface area contributed by atoms with Crippen LogP contribution in [0.15, 0.2) is 41.6 Å². The highest BCUT2D eigenvalue weighted by Gasteiger charge is 2.18. The molecule has 0 bridgehead atoms. The smallest absolute Gasteiger partial charge is 0.191 e. The van der Waals surface area contributed by atoms with Crippen molar-refractivity contribution in [1.29, 1.82) is 0 Å². The van der Waals surface area contributed by atoms with Gasteiger partial charge in [0.1, 0.15) is 0 Å². The van der Waals surface area contributed by atoms with E-state index in [0.29, 0.717) is 25.5 Å². The third-order valence-electron chi connectivity index (χ3n) is 5.20. The number of ether oxygens (including phenoxy) is 2. The maximum Gasteiger partial charge on any atom is 0.191 e. The van der Waals surface area contributed by atoms with Crippen molar-refractivity contribution in [1.82, 2.24) is 14.8 Å². The Labute approximate surface area is 180 Å². The Morgan fingerprint density at radius 3 is 2.60 bits per heavy atom. The molecule has 0 atom stereocenters. The summed E-state index contributed by atoms with van der Waals surface area (Å²) >= 11 is 1.42. The van der Waals surface area contributed by atoms with E-state index < -0.39 is 0 Å². The van der Waals surface area contributed by atoms with E-state index in [1.54, 1.807) is 0 Å². The van der Waals surface area contributed by atoms with Crippen LogP contribution in [0, 0.1) is 13.8 Å². The quantitative estimate of drug-likeness (QED) is 0.422. The zero-order valence-corrected chi connectivity index (χ0v) is 18.3. The first kappa shape index (κ1) is 20.5. The van der Waals surface area contributed by atoms with Crippen molar-refractivity contribution < 1.29 is 14.3 Å². The molecule has 0 fully saturated rings. The fourth-order valence-electron chi connectivity index (χ4n) is 3.32. The first-order valence-corrected chi connectivity index (χ1v) is 11.1. The molecule has 2 heterocycles. The molecule has 4 rings (SSSR count). The Hall–Kier alpha value is -2.80. The fourth-order valence-corrected chi connectivity index (χ4v) is 4.22. The normalized spacial score (nSPS) is 13.2. The standard InChI is InChI=1S/C23H25N3O3S/c1-4-26-22(18-8-9-20-21(13-18)29-11-5-10-28-20)24-25-23(26)30-14-19(27)17-7-6-15(2)16(3)12-17/h6-9,12-13H,4-5,10-11,14H2,1-3H3. The molecule has 0 saturated heterocycles. The van der Waals surface area contributed by atoms with Crippen molar-refractivity contribution in [3.8, 4) is 22.9 Å². The van der Waals surface area contributed by atoms with Crippen LogP contribution >= 0.6 is 11.8 Å². The van der Waals surface area contributed by atoms with Gasteiger partial charge in [0.2, 0.25) is 0 Å². The zero-order chi connectivity index (χ0) is 21.1. The van der Waals surface area contributed by atoms with Crippen LogP contribution < -0.4 is 9.47 Å². The van der Waals surface area contributed by atoms with Crippen LogP contribution in [0.2, 0.25) is 0 Å². The molecule has 3 aromatic rings. The Bertz CT molecular complexity index is 1080. The molecule has 1 aliphatic heterocycles. The molecule has 30 heavy (non-hydrogen) atoms. The third-order valence-corrected chi connectivity index (χ3v) is 6.17. The van der Waals surface area contributed by atoms with Crippen molar-refractivity contribution in [2.45, 2.75) is 38.9 Å². The summed E-state index contributed by atoms with van der Waals surface area (Å²) in [4.78, 5) is 12.6. The molecular formula is C23H25N3O3S. The van der Waals surface area contributed by atoms with Gasteiger partial charge in [0.25, 0.3) is 0 Å². The minimum atomic E-state index is 0.0888. The van der Waals surface area contributed by atoms with E-state index in [9.17, 15) is 4.79 Å². The maximum atomic E-state index is 12.6. The van der Waals surface area contributed by atoms with Gasteiger partial charge in [0.05, 0.1) is 19.0 Å². The number of carbonyl (C=O) groups is 1. The first-order chi connectivity index (χ1) is 14.6. The largest absolute Gasteiger partial charge is 0.490 e. The maximum absolute atomic E-state index is 12.6. The second-order valence-electron chi connectivity index (χ2n) is 7.27. The van der Waals surface area contributed by atoms with Crippen LogP contribution in [0.3, 0.4) is 0 Å². The highest BCUT2D eigenvalue weighted by atomic mass is 32.2. The average molecular weight is 424 g/mol. The molecular weight excluding hydrogens is 398 g/mol. The summed E-state index contributed by atoms with van der Waals surface area (Å²) in [5, 5.41) is 9.47. The predicted molar refractivity (Wildman–Crippen MR) is 118 cm³/mol. The number of ketones is 1. The van der Waals surface area contributed by atoms with Gasteiger partial charge in [-0.2, -0.15) is 0 Å². The van der Waals surface area contributed by atoms with E-state index >= 15 is 0 Å². The van der Waals surface area contributed by atoms with Gasteiger partial charge >= 0.3 is 0 Å². The molecule has 0 unspecified atom stereocenters. The molecule has 0 saturated carbocycles. The second-order valence-corrected chi connectivity index (χ2v) is 8.22. The number of Topliss-reactive ketones (excluding diaryl/α,β-unsaturated/α-hetero) is 1. The summed E-state index contributed by atoms with van der Waals surface area (Å²) in [5.74, 6) is 2.66. The summed E-state index contributed by atoms with van der Waals surface area (Å²) in [6, 6.07) is 11.7. The molecule has 0 N–H and O–H groups in total. The summed E-state index contributed by atoms with van der Waals surface area (Å²) in [6.07, 6.45) is 0.866. The van der Waals surface area contributed by atoms with Gasteiger partial charge in [0.15, 0.2) is 28.3 Å². The number of hydrogen-bond donors (Lipinski definition) is 0. The van der Waals surface area contributed by atoms with Gasteiger partial charge < -0.3 is 14.0 Å². The molecule has 2 aromatic carbocycles. The number of aromatic nitrogens is 3. The average Bonchev–Trinajstić information content (AvgIpc) is 3.02. The Kier molecular flexibility index (Phi) is 6.08. The molecule has 1 aromatic heterocycles. The summed E-state index contributed by atoms with van der Waals surface area (Å²) in [7, 11) is 0. The molecule has 156 valence electrons. The van der Waals surface area contributed by atoms with Crippen LogP contribution in [-0.2, 0) is 6.54 Å². The molecule has 0 amide bonds. The lowest BCUT2D eigenvalue weighted by molar-refractivity contribution is 0.102. The summed E-state index contributed by atoms with van der Waals surface area (Å²) in [5.41, 5.74) is 3.96. The summed E-state index contributed by atoms with van der Waals surface area (Å²) in [6.45, 7) is 8.12. The van der Waals surface area contributed by atoms with Gasteiger partial charge in [-0.05, 0) is 56.2 Å². The second kappa shape index (κ2) is 8.92. The van der Waals surface area contributed by atoms with Crippen molar-refractivity contribution in [2.75, 3.05) is 19.0 Å². The molecule has 6 nitrogen and oxygen atoms in total. The first-order valence-electron chi connectivity index (χ1n) is 10.1. The molecule has 0 aliphatic carbocycles. The number of thioether (sulfide) groups is 1. The Morgan fingerprint density at radius 2 is 1.83 bits per heavy atom. The number of fused-ring (bicyclic) bond motifs is 1. The van der Waals surface area contributed by atoms with E-state index in [-0.39, 0.29) is 5.78 Å². The monoisotopic (exact) mass is 423 g/mol. The molecule has 1 aliphatic rings. The zero-order valence-electron chi connectivity index (χ0n) is 17.5. The van der Waals surface area contributed by atoms with Crippen molar-refractivity contribution in [2.24, 2.45) is 0 Å². The van der Waals surface area contributed by atoms with Crippen LogP contribution in [0.4, 0.5) is 0 Å². The number of benzene rings is 2.